The van der Waals surface area contributed by atoms with E-state index in [4.69, 9.17) is 32.7 Å². The summed E-state index contributed by atoms with van der Waals surface area (Å²) < 4.78 is 11.2. The smallest absolute Gasteiger partial charge is 0.260 e. The normalized spacial score (nSPS) is 14.1. The molecule has 0 aliphatic carbocycles. The Kier molecular flexibility index (Phi) is 6.78. The molecule has 1 aliphatic rings. The van der Waals surface area contributed by atoms with Crippen molar-refractivity contribution in [3.63, 3.8) is 0 Å². The number of likely N-dealkylation sites (tertiary alicyclic amines) is 1. The van der Waals surface area contributed by atoms with E-state index in [1.165, 1.54) is 0 Å². The first-order chi connectivity index (χ1) is 12.0. The van der Waals surface area contributed by atoms with E-state index < -0.39 is 0 Å². The number of hydrogen-bond acceptors (Lipinski definition) is 5. The summed E-state index contributed by atoms with van der Waals surface area (Å²) in [5.41, 5.74) is 6.44. The number of amides is 1. The molecule has 0 radical (unpaired) electrons. The zero-order chi connectivity index (χ0) is 18.2. The molecule has 0 saturated carbocycles. The number of benzene rings is 1. The van der Waals surface area contributed by atoms with Gasteiger partial charge in [0.1, 0.15) is 11.1 Å². The van der Waals surface area contributed by atoms with E-state index in [-0.39, 0.29) is 23.1 Å². The van der Waals surface area contributed by atoms with Crippen LogP contribution in [0.5, 0.6) is 11.5 Å². The molecule has 25 heavy (non-hydrogen) atoms. The van der Waals surface area contributed by atoms with Crippen molar-refractivity contribution in [1.29, 1.82) is 5.26 Å². The van der Waals surface area contributed by atoms with Gasteiger partial charge in [-0.05, 0) is 43.5 Å². The van der Waals surface area contributed by atoms with Crippen LogP contribution in [0.3, 0.4) is 0 Å². The molecule has 1 amide bonds. The van der Waals surface area contributed by atoms with Gasteiger partial charge >= 0.3 is 0 Å². The first kappa shape index (κ1) is 18.7. The van der Waals surface area contributed by atoms with E-state index in [1.807, 2.05) is 13.0 Å². The number of rotatable bonds is 7. The van der Waals surface area contributed by atoms with Gasteiger partial charge in [0.05, 0.1) is 12.2 Å². The average Bonchev–Trinajstić information content (AvgIpc) is 3.13. The molecule has 2 N–H and O–H groups in total. The van der Waals surface area contributed by atoms with Crippen molar-refractivity contribution in [3.8, 4) is 17.6 Å². The van der Waals surface area contributed by atoms with Gasteiger partial charge in [-0.2, -0.15) is 5.26 Å². The Morgan fingerprint density at radius 3 is 2.68 bits per heavy atom. The second-order valence-electron chi connectivity index (χ2n) is 5.55. The number of nitrogens with two attached hydrogens (primary N) is 1. The molecule has 132 valence electrons. The Labute approximate surface area is 152 Å². The third kappa shape index (κ3) is 5.19. The predicted molar refractivity (Wildman–Crippen MR) is 99.3 cm³/mol. The lowest BCUT2D eigenvalue weighted by atomic mass is 10.1. The topological polar surface area (TPSA) is 88.6 Å². The molecule has 6 nitrogen and oxygen atoms in total. The number of carbonyl (C=O) groups excluding carboxylic acids is 1. The van der Waals surface area contributed by atoms with E-state index >= 15 is 0 Å². The maximum atomic E-state index is 12.1. The molecule has 1 aromatic carbocycles. The Morgan fingerprint density at radius 2 is 2.08 bits per heavy atom. The first-order valence-corrected chi connectivity index (χ1v) is 8.55. The summed E-state index contributed by atoms with van der Waals surface area (Å²) in [6, 6.07) is 7.16. The molecule has 0 spiro atoms. The largest absolute Gasteiger partial charge is 0.490 e. The fourth-order valence-electron chi connectivity index (χ4n) is 2.52. The monoisotopic (exact) mass is 359 g/mol. The highest BCUT2D eigenvalue weighted by atomic mass is 32.1. The molecular weight excluding hydrogens is 338 g/mol. The summed E-state index contributed by atoms with van der Waals surface area (Å²) in [6.45, 7) is 3.87. The van der Waals surface area contributed by atoms with Crippen LogP contribution in [0.4, 0.5) is 0 Å². The fraction of sp³-hybridized carbons (Fsp3) is 0.389. The molecule has 0 bridgehead atoms. The number of ether oxygens (including phenoxy) is 2. The minimum absolute atomic E-state index is 0.0222. The third-order valence-electron chi connectivity index (χ3n) is 3.77. The lowest BCUT2D eigenvalue weighted by Crippen LogP contribution is -2.32. The maximum absolute atomic E-state index is 12.1. The van der Waals surface area contributed by atoms with Crippen LogP contribution in [0.15, 0.2) is 23.8 Å². The van der Waals surface area contributed by atoms with E-state index in [0.29, 0.717) is 23.7 Å². The third-order valence-corrected chi connectivity index (χ3v) is 3.99. The molecule has 1 saturated heterocycles. The zero-order valence-electron chi connectivity index (χ0n) is 14.2. The maximum Gasteiger partial charge on any atom is 0.260 e. The van der Waals surface area contributed by atoms with Crippen LogP contribution < -0.4 is 15.2 Å². The molecular formula is C18H21N3O3S. The van der Waals surface area contributed by atoms with Gasteiger partial charge in [0.25, 0.3) is 5.91 Å². The Hall–Kier alpha value is -2.59. The SMILES string of the molecule is CCOc1cc(C=C(C#N)C(N)=S)ccc1OCC(=O)N1CCCC1. The van der Waals surface area contributed by atoms with Crippen molar-refractivity contribution in [2.45, 2.75) is 19.8 Å². The number of carbonyl (C=O) groups is 1. The Morgan fingerprint density at radius 1 is 1.36 bits per heavy atom. The molecule has 0 unspecified atom stereocenters. The van der Waals surface area contributed by atoms with Gasteiger partial charge in [0, 0.05) is 13.1 Å². The van der Waals surface area contributed by atoms with Crippen molar-refractivity contribution in [3.05, 3.63) is 29.3 Å². The standard InChI is InChI=1S/C18H21N3O3S/c1-2-23-16-10-13(9-14(11-19)18(20)25)5-6-15(16)24-12-17(22)21-7-3-4-8-21/h5-6,9-10H,2-4,7-8,12H2,1H3,(H2,20,25). The minimum atomic E-state index is -0.0239. The quantitative estimate of drug-likeness (QED) is 0.456. The van der Waals surface area contributed by atoms with Crippen LogP contribution in [0.2, 0.25) is 0 Å². The van der Waals surface area contributed by atoms with Crippen LogP contribution in [-0.2, 0) is 4.79 Å². The fourth-order valence-corrected chi connectivity index (χ4v) is 2.63. The van der Waals surface area contributed by atoms with E-state index in [9.17, 15) is 4.79 Å². The van der Waals surface area contributed by atoms with E-state index in [0.717, 1.165) is 25.9 Å². The van der Waals surface area contributed by atoms with E-state index in [1.54, 1.807) is 29.2 Å². The van der Waals surface area contributed by atoms with Crippen molar-refractivity contribution >= 4 is 29.2 Å². The van der Waals surface area contributed by atoms with Gasteiger partial charge in [-0.3, -0.25) is 4.79 Å². The second-order valence-corrected chi connectivity index (χ2v) is 5.99. The van der Waals surface area contributed by atoms with Crippen molar-refractivity contribution in [2.24, 2.45) is 5.73 Å². The molecule has 7 heteroatoms. The van der Waals surface area contributed by atoms with Crippen molar-refractivity contribution < 1.29 is 14.3 Å². The minimum Gasteiger partial charge on any atom is -0.490 e. The van der Waals surface area contributed by atoms with Gasteiger partial charge in [-0.15, -0.1) is 0 Å². The summed E-state index contributed by atoms with van der Waals surface area (Å²) in [4.78, 5) is 13.9. The summed E-state index contributed by atoms with van der Waals surface area (Å²) in [6.07, 6.45) is 3.67. The number of nitrogens with zero attached hydrogens (tertiary/aromatic N) is 2. The average molecular weight is 359 g/mol. The highest BCUT2D eigenvalue weighted by Gasteiger charge is 2.19. The number of thiocarbonyl (C=S) groups is 1. The first-order valence-electron chi connectivity index (χ1n) is 8.14. The predicted octanol–water partition coefficient (Wildman–Crippen LogP) is 2.28. The van der Waals surface area contributed by atoms with Gasteiger partial charge < -0.3 is 20.1 Å². The molecule has 0 atom stereocenters. The van der Waals surface area contributed by atoms with E-state index in [2.05, 4.69) is 0 Å². The molecule has 1 heterocycles. The van der Waals surface area contributed by atoms with Crippen molar-refractivity contribution in [1.82, 2.24) is 4.90 Å². The summed E-state index contributed by atoms with van der Waals surface area (Å²) >= 11 is 4.84. The zero-order valence-corrected chi connectivity index (χ0v) is 15.0. The van der Waals surface area contributed by atoms with Gasteiger partial charge in [0.15, 0.2) is 18.1 Å². The van der Waals surface area contributed by atoms with Gasteiger partial charge in [-0.1, -0.05) is 18.3 Å². The van der Waals surface area contributed by atoms with Gasteiger partial charge in [0.2, 0.25) is 0 Å². The Bertz CT molecular complexity index is 719. The molecule has 1 aliphatic heterocycles. The summed E-state index contributed by atoms with van der Waals surface area (Å²) in [7, 11) is 0. The number of hydrogen-bond donors (Lipinski definition) is 1. The summed E-state index contributed by atoms with van der Waals surface area (Å²) in [5, 5.41) is 9.05. The molecule has 2 rings (SSSR count). The lowest BCUT2D eigenvalue weighted by molar-refractivity contribution is -0.132. The highest BCUT2D eigenvalue weighted by Crippen LogP contribution is 2.29. The molecule has 1 fully saturated rings. The van der Waals surface area contributed by atoms with Crippen LogP contribution >= 0.6 is 12.2 Å². The van der Waals surface area contributed by atoms with Crippen LogP contribution in [0, 0.1) is 11.3 Å². The lowest BCUT2D eigenvalue weighted by Gasteiger charge is -2.17. The van der Waals surface area contributed by atoms with Crippen molar-refractivity contribution in [2.75, 3.05) is 26.3 Å². The highest BCUT2D eigenvalue weighted by molar-refractivity contribution is 7.80. The van der Waals surface area contributed by atoms with Crippen LogP contribution in [0.25, 0.3) is 6.08 Å². The summed E-state index contributed by atoms with van der Waals surface area (Å²) in [5.74, 6) is 0.968. The second kappa shape index (κ2) is 9.04. The molecule has 1 aromatic rings. The Balaban J connectivity index is 2.14. The van der Waals surface area contributed by atoms with Gasteiger partial charge in [-0.25, -0.2) is 0 Å². The van der Waals surface area contributed by atoms with Crippen LogP contribution in [-0.4, -0.2) is 42.1 Å². The molecule has 0 aromatic heterocycles. The number of nitriles is 1. The van der Waals surface area contributed by atoms with Crippen LogP contribution in [0.1, 0.15) is 25.3 Å².